The predicted molar refractivity (Wildman–Crippen MR) is 64.7 cm³/mol. The highest BCUT2D eigenvalue weighted by Crippen LogP contribution is 2.05. The minimum absolute atomic E-state index is 0.241. The van der Waals surface area contributed by atoms with E-state index in [-0.39, 0.29) is 6.54 Å². The predicted octanol–water partition coefficient (Wildman–Crippen LogP) is -0.364. The van der Waals surface area contributed by atoms with E-state index in [1.54, 1.807) is 11.0 Å². The fourth-order valence-electron chi connectivity index (χ4n) is 1.83. The first-order valence-electron chi connectivity index (χ1n) is 6.00. The van der Waals surface area contributed by atoms with E-state index in [0.717, 1.165) is 18.8 Å². The second-order valence-corrected chi connectivity index (χ2v) is 4.24. The number of carbonyl (C=O) groups excluding carboxylic acids is 2. The summed E-state index contributed by atoms with van der Waals surface area (Å²) in [4.78, 5) is 25.0. The first-order chi connectivity index (χ1) is 8.66. The van der Waals surface area contributed by atoms with E-state index in [1.807, 2.05) is 13.0 Å². The van der Waals surface area contributed by atoms with Crippen molar-refractivity contribution in [2.75, 3.05) is 26.2 Å². The molecule has 18 heavy (non-hydrogen) atoms. The monoisotopic (exact) mass is 251 g/mol. The summed E-state index contributed by atoms with van der Waals surface area (Å²) in [5, 5.41) is 5.69. The minimum Gasteiger partial charge on any atom is -0.465 e. The maximum absolute atomic E-state index is 11.8. The molecular formula is C12H17N3O3. The van der Waals surface area contributed by atoms with Gasteiger partial charge in [-0.25, -0.2) is 0 Å². The van der Waals surface area contributed by atoms with Gasteiger partial charge in [0.1, 0.15) is 11.5 Å². The van der Waals surface area contributed by atoms with Crippen molar-refractivity contribution in [1.29, 1.82) is 0 Å². The van der Waals surface area contributed by atoms with Crippen LogP contribution in [-0.2, 0) is 16.1 Å². The molecule has 1 aliphatic heterocycles. The number of rotatable bonds is 2. The second kappa shape index (κ2) is 5.68. The fraction of sp³-hybridized carbons (Fsp3) is 0.500. The van der Waals surface area contributed by atoms with Crippen LogP contribution in [0.1, 0.15) is 11.5 Å². The van der Waals surface area contributed by atoms with Crippen LogP contribution >= 0.6 is 0 Å². The van der Waals surface area contributed by atoms with Crippen LogP contribution in [0, 0.1) is 6.92 Å². The van der Waals surface area contributed by atoms with Crippen molar-refractivity contribution in [2.45, 2.75) is 13.5 Å². The lowest BCUT2D eigenvalue weighted by atomic mass is 10.3. The number of nitrogens with one attached hydrogen (secondary N) is 2. The van der Waals surface area contributed by atoms with Gasteiger partial charge in [0.2, 0.25) is 0 Å². The van der Waals surface area contributed by atoms with Crippen LogP contribution in [0.3, 0.4) is 0 Å². The van der Waals surface area contributed by atoms with E-state index in [1.165, 1.54) is 0 Å². The van der Waals surface area contributed by atoms with Gasteiger partial charge in [-0.05, 0) is 19.1 Å². The zero-order valence-electron chi connectivity index (χ0n) is 10.4. The van der Waals surface area contributed by atoms with Crippen LogP contribution in [0.4, 0.5) is 0 Å². The summed E-state index contributed by atoms with van der Waals surface area (Å²) in [6.45, 7) is 4.69. The summed E-state index contributed by atoms with van der Waals surface area (Å²) < 4.78 is 5.31. The van der Waals surface area contributed by atoms with Gasteiger partial charge in [-0.1, -0.05) is 0 Å². The molecule has 1 aliphatic rings. The highest BCUT2D eigenvalue weighted by molar-refractivity contribution is 6.34. The van der Waals surface area contributed by atoms with Crippen molar-refractivity contribution in [3.05, 3.63) is 23.7 Å². The third kappa shape index (κ3) is 3.10. The van der Waals surface area contributed by atoms with E-state index >= 15 is 0 Å². The SMILES string of the molecule is Cc1ccc(CNC(=O)C(=O)N2CCNCC2)o1. The number of amides is 2. The Bertz CT molecular complexity index is 436. The summed E-state index contributed by atoms with van der Waals surface area (Å²) >= 11 is 0. The van der Waals surface area contributed by atoms with Gasteiger partial charge in [-0.2, -0.15) is 0 Å². The molecule has 6 heteroatoms. The first-order valence-corrected chi connectivity index (χ1v) is 6.00. The Kier molecular flexibility index (Phi) is 3.99. The average molecular weight is 251 g/mol. The van der Waals surface area contributed by atoms with E-state index in [9.17, 15) is 9.59 Å². The van der Waals surface area contributed by atoms with Gasteiger partial charge >= 0.3 is 11.8 Å². The van der Waals surface area contributed by atoms with E-state index in [2.05, 4.69) is 10.6 Å². The molecule has 1 fully saturated rings. The molecule has 0 bridgehead atoms. The van der Waals surface area contributed by atoms with Crippen LogP contribution in [0.2, 0.25) is 0 Å². The van der Waals surface area contributed by atoms with Gasteiger partial charge in [0, 0.05) is 26.2 Å². The molecule has 0 radical (unpaired) electrons. The topological polar surface area (TPSA) is 74.6 Å². The minimum atomic E-state index is -0.578. The van der Waals surface area contributed by atoms with Crippen molar-refractivity contribution in [1.82, 2.24) is 15.5 Å². The third-order valence-electron chi connectivity index (χ3n) is 2.82. The van der Waals surface area contributed by atoms with Crippen molar-refractivity contribution in [3.63, 3.8) is 0 Å². The van der Waals surface area contributed by atoms with Crippen molar-refractivity contribution < 1.29 is 14.0 Å². The molecule has 2 rings (SSSR count). The third-order valence-corrected chi connectivity index (χ3v) is 2.82. The van der Waals surface area contributed by atoms with Crippen molar-refractivity contribution >= 4 is 11.8 Å². The molecular weight excluding hydrogens is 234 g/mol. The van der Waals surface area contributed by atoms with Crippen LogP contribution in [0.5, 0.6) is 0 Å². The molecule has 0 aliphatic carbocycles. The molecule has 0 saturated carbocycles. The number of furan rings is 1. The molecule has 6 nitrogen and oxygen atoms in total. The lowest BCUT2D eigenvalue weighted by Crippen LogP contribution is -2.51. The van der Waals surface area contributed by atoms with Gasteiger partial charge in [-0.3, -0.25) is 9.59 Å². The normalized spacial score (nSPS) is 15.5. The molecule has 0 unspecified atom stereocenters. The Morgan fingerprint density at radius 2 is 2.11 bits per heavy atom. The van der Waals surface area contributed by atoms with Crippen LogP contribution in [-0.4, -0.2) is 42.9 Å². The first kappa shape index (κ1) is 12.6. The molecule has 1 saturated heterocycles. The molecule has 0 spiro atoms. The Hall–Kier alpha value is -1.82. The highest BCUT2D eigenvalue weighted by Gasteiger charge is 2.22. The van der Waals surface area contributed by atoms with Gasteiger partial charge in [0.15, 0.2) is 0 Å². The molecule has 98 valence electrons. The maximum Gasteiger partial charge on any atom is 0.311 e. The molecule has 2 heterocycles. The van der Waals surface area contributed by atoms with Gasteiger partial charge < -0.3 is 20.0 Å². The lowest BCUT2D eigenvalue weighted by Gasteiger charge is -2.26. The summed E-state index contributed by atoms with van der Waals surface area (Å²) in [6, 6.07) is 3.60. The van der Waals surface area contributed by atoms with E-state index in [4.69, 9.17) is 4.42 Å². The maximum atomic E-state index is 11.8. The Labute approximate surface area is 105 Å². The molecule has 2 N–H and O–H groups in total. The number of piperazine rings is 1. The van der Waals surface area contributed by atoms with Crippen LogP contribution in [0.25, 0.3) is 0 Å². The Morgan fingerprint density at radius 1 is 1.39 bits per heavy atom. The van der Waals surface area contributed by atoms with Crippen molar-refractivity contribution in [3.8, 4) is 0 Å². The Balaban J connectivity index is 1.81. The molecule has 1 aromatic heterocycles. The van der Waals surface area contributed by atoms with Crippen molar-refractivity contribution in [2.24, 2.45) is 0 Å². The van der Waals surface area contributed by atoms with Gasteiger partial charge in [0.25, 0.3) is 0 Å². The number of nitrogens with zero attached hydrogens (tertiary/aromatic N) is 1. The quantitative estimate of drug-likeness (QED) is 0.704. The summed E-state index contributed by atoms with van der Waals surface area (Å²) in [6.07, 6.45) is 0. The van der Waals surface area contributed by atoms with E-state index < -0.39 is 11.8 Å². The standard InChI is InChI=1S/C12H17N3O3/c1-9-2-3-10(18-9)8-14-11(16)12(17)15-6-4-13-5-7-15/h2-3,13H,4-8H2,1H3,(H,14,16). The number of carbonyl (C=O) groups is 2. The number of hydrogen-bond donors (Lipinski definition) is 2. The molecule has 2 amide bonds. The number of aryl methyl sites for hydroxylation is 1. The highest BCUT2D eigenvalue weighted by atomic mass is 16.3. The average Bonchev–Trinajstić information content (AvgIpc) is 2.82. The molecule has 0 atom stereocenters. The lowest BCUT2D eigenvalue weighted by molar-refractivity contribution is -0.146. The Morgan fingerprint density at radius 3 is 2.72 bits per heavy atom. The zero-order valence-corrected chi connectivity index (χ0v) is 10.4. The number of hydrogen-bond acceptors (Lipinski definition) is 4. The van der Waals surface area contributed by atoms with Crippen LogP contribution in [0.15, 0.2) is 16.5 Å². The second-order valence-electron chi connectivity index (χ2n) is 4.24. The van der Waals surface area contributed by atoms with Gasteiger partial charge in [-0.15, -0.1) is 0 Å². The molecule has 1 aromatic rings. The summed E-state index contributed by atoms with van der Waals surface area (Å²) in [5.41, 5.74) is 0. The van der Waals surface area contributed by atoms with Crippen LogP contribution < -0.4 is 10.6 Å². The fourth-order valence-corrected chi connectivity index (χ4v) is 1.83. The van der Waals surface area contributed by atoms with Gasteiger partial charge in [0.05, 0.1) is 6.54 Å². The summed E-state index contributed by atoms with van der Waals surface area (Å²) in [5.74, 6) is 0.382. The summed E-state index contributed by atoms with van der Waals surface area (Å²) in [7, 11) is 0. The smallest absolute Gasteiger partial charge is 0.311 e. The molecule has 0 aromatic carbocycles. The van der Waals surface area contributed by atoms with E-state index in [0.29, 0.717) is 18.8 Å². The largest absolute Gasteiger partial charge is 0.465 e. The zero-order chi connectivity index (χ0) is 13.0.